The molecule has 3 nitrogen and oxygen atoms in total. The Hall–Kier alpha value is -2.21. The lowest BCUT2D eigenvalue weighted by Crippen LogP contribution is -2.31. The fourth-order valence-electron chi connectivity index (χ4n) is 1.40. The molecule has 3 heteroatoms. The number of carbonyl (C=O) groups is 1. The Morgan fingerprint density at radius 2 is 2.18 bits per heavy atom. The van der Waals surface area contributed by atoms with Crippen molar-refractivity contribution >= 4 is 5.91 Å². The lowest BCUT2D eigenvalue weighted by atomic mass is 10.2. The Labute approximate surface area is 102 Å². The summed E-state index contributed by atoms with van der Waals surface area (Å²) >= 11 is 0. The van der Waals surface area contributed by atoms with Gasteiger partial charge >= 0.3 is 0 Å². The van der Waals surface area contributed by atoms with E-state index in [2.05, 4.69) is 12.5 Å². The summed E-state index contributed by atoms with van der Waals surface area (Å²) in [5, 5.41) is 0. The molecule has 0 bridgehead atoms. The molecule has 0 radical (unpaired) electrons. The van der Waals surface area contributed by atoms with E-state index in [9.17, 15) is 4.79 Å². The highest BCUT2D eigenvalue weighted by molar-refractivity contribution is 5.94. The minimum atomic E-state index is -0.106. The molecule has 1 aromatic rings. The lowest BCUT2D eigenvalue weighted by Gasteiger charge is -2.18. The van der Waals surface area contributed by atoms with Gasteiger partial charge in [0.05, 0.1) is 13.7 Å². The molecule has 0 unspecified atom stereocenters. The van der Waals surface area contributed by atoms with Gasteiger partial charge in [-0.1, -0.05) is 12.0 Å². The molecule has 0 aliphatic carbocycles. The van der Waals surface area contributed by atoms with Crippen molar-refractivity contribution in [3.05, 3.63) is 42.5 Å². The molecule has 0 aliphatic heterocycles. The van der Waals surface area contributed by atoms with E-state index in [0.717, 1.165) is 0 Å². The molecule has 0 N–H and O–H groups in total. The maximum absolute atomic E-state index is 12.1. The third-order valence-electron chi connectivity index (χ3n) is 2.26. The number of amides is 1. The number of hydrogen-bond donors (Lipinski definition) is 0. The highest BCUT2D eigenvalue weighted by atomic mass is 16.5. The van der Waals surface area contributed by atoms with Gasteiger partial charge in [-0.15, -0.1) is 13.0 Å². The molecule has 1 rings (SSSR count). The van der Waals surface area contributed by atoms with Crippen LogP contribution in [0.5, 0.6) is 5.75 Å². The number of ether oxygens (including phenoxy) is 1. The molecule has 0 saturated heterocycles. The summed E-state index contributed by atoms with van der Waals surface area (Å²) < 4.78 is 5.03. The summed E-state index contributed by atoms with van der Waals surface area (Å²) in [5.41, 5.74) is 0.586. The van der Waals surface area contributed by atoms with Crippen LogP contribution in [0.25, 0.3) is 0 Å². The van der Waals surface area contributed by atoms with Gasteiger partial charge in [0.2, 0.25) is 0 Å². The average Bonchev–Trinajstić information content (AvgIpc) is 2.38. The number of nitrogens with zero attached hydrogens (tertiary/aromatic N) is 1. The van der Waals surface area contributed by atoms with Crippen LogP contribution in [-0.4, -0.2) is 31.0 Å². The number of benzene rings is 1. The summed E-state index contributed by atoms with van der Waals surface area (Å²) in [5.74, 6) is 3.07. The van der Waals surface area contributed by atoms with E-state index in [1.165, 1.54) is 0 Å². The van der Waals surface area contributed by atoms with Gasteiger partial charge in [0.15, 0.2) is 0 Å². The van der Waals surface area contributed by atoms with Crippen molar-refractivity contribution in [2.75, 3.05) is 20.2 Å². The zero-order valence-corrected chi connectivity index (χ0v) is 9.85. The second-order valence-corrected chi connectivity index (χ2v) is 3.41. The van der Waals surface area contributed by atoms with E-state index in [1.807, 2.05) is 0 Å². The molecule has 88 valence electrons. The Morgan fingerprint density at radius 3 is 2.65 bits per heavy atom. The summed E-state index contributed by atoms with van der Waals surface area (Å²) in [7, 11) is 1.58. The van der Waals surface area contributed by atoms with Crippen molar-refractivity contribution in [1.82, 2.24) is 4.90 Å². The Kier molecular flexibility index (Phi) is 4.83. The predicted molar refractivity (Wildman–Crippen MR) is 67.9 cm³/mol. The highest BCUT2D eigenvalue weighted by Crippen LogP contribution is 2.13. The van der Waals surface area contributed by atoms with Gasteiger partial charge in [0.1, 0.15) is 5.75 Å². The van der Waals surface area contributed by atoms with Crippen molar-refractivity contribution in [3.63, 3.8) is 0 Å². The zero-order chi connectivity index (χ0) is 12.7. The third-order valence-corrected chi connectivity index (χ3v) is 2.26. The van der Waals surface area contributed by atoms with Crippen LogP contribution in [0.15, 0.2) is 36.9 Å². The van der Waals surface area contributed by atoms with Gasteiger partial charge < -0.3 is 9.64 Å². The number of methoxy groups -OCH3 is 1. The van der Waals surface area contributed by atoms with Crippen molar-refractivity contribution in [2.45, 2.75) is 0 Å². The number of terminal acetylenes is 1. The number of hydrogen-bond acceptors (Lipinski definition) is 2. The first-order valence-corrected chi connectivity index (χ1v) is 5.20. The Bertz CT molecular complexity index is 429. The minimum Gasteiger partial charge on any atom is -0.497 e. The van der Waals surface area contributed by atoms with Gasteiger partial charge in [-0.25, -0.2) is 0 Å². The highest BCUT2D eigenvalue weighted by Gasteiger charge is 2.13. The molecule has 0 spiro atoms. The van der Waals surface area contributed by atoms with Crippen molar-refractivity contribution < 1.29 is 9.53 Å². The van der Waals surface area contributed by atoms with E-state index in [-0.39, 0.29) is 12.5 Å². The molecule has 1 aromatic carbocycles. The second-order valence-electron chi connectivity index (χ2n) is 3.41. The van der Waals surface area contributed by atoms with Crippen LogP contribution in [0.1, 0.15) is 10.4 Å². The first-order chi connectivity index (χ1) is 8.22. The van der Waals surface area contributed by atoms with E-state index < -0.39 is 0 Å². The summed E-state index contributed by atoms with van der Waals surface area (Å²) in [6, 6.07) is 6.92. The third kappa shape index (κ3) is 3.39. The number of rotatable bonds is 5. The minimum absolute atomic E-state index is 0.106. The van der Waals surface area contributed by atoms with Crippen molar-refractivity contribution in [3.8, 4) is 18.1 Å². The number of carbonyl (C=O) groups excluding carboxylic acids is 1. The van der Waals surface area contributed by atoms with E-state index in [4.69, 9.17) is 11.2 Å². The zero-order valence-electron chi connectivity index (χ0n) is 9.85. The van der Waals surface area contributed by atoms with Gasteiger partial charge in [-0.2, -0.15) is 0 Å². The molecule has 0 saturated carbocycles. The molecule has 0 heterocycles. The van der Waals surface area contributed by atoms with Gasteiger partial charge in [0, 0.05) is 12.1 Å². The first kappa shape index (κ1) is 12.9. The van der Waals surface area contributed by atoms with Crippen LogP contribution < -0.4 is 4.74 Å². The summed E-state index contributed by atoms with van der Waals surface area (Å²) in [6.07, 6.45) is 6.87. The Balaban J connectivity index is 2.85. The SMILES string of the molecule is C#CCN(CC=C)C(=O)c1ccc(OC)cc1. The topological polar surface area (TPSA) is 29.5 Å². The molecular formula is C14H15NO2. The molecule has 1 amide bonds. The Morgan fingerprint density at radius 1 is 1.53 bits per heavy atom. The second kappa shape index (κ2) is 6.39. The van der Waals surface area contributed by atoms with Crippen LogP contribution in [0.3, 0.4) is 0 Å². The monoisotopic (exact) mass is 229 g/mol. The normalized spacial score (nSPS) is 9.18. The van der Waals surface area contributed by atoms with Gasteiger partial charge in [0.25, 0.3) is 5.91 Å². The van der Waals surface area contributed by atoms with E-state index >= 15 is 0 Å². The molecule has 0 aromatic heterocycles. The van der Waals surface area contributed by atoms with E-state index in [0.29, 0.717) is 17.9 Å². The summed E-state index contributed by atoms with van der Waals surface area (Å²) in [6.45, 7) is 4.32. The molecule has 0 atom stereocenters. The first-order valence-electron chi connectivity index (χ1n) is 5.20. The quantitative estimate of drug-likeness (QED) is 0.570. The fraction of sp³-hybridized carbons (Fsp3) is 0.214. The van der Waals surface area contributed by atoms with Crippen LogP contribution >= 0.6 is 0 Å². The maximum atomic E-state index is 12.1. The van der Waals surface area contributed by atoms with Crippen LogP contribution in [0.2, 0.25) is 0 Å². The van der Waals surface area contributed by atoms with Crippen LogP contribution in [-0.2, 0) is 0 Å². The van der Waals surface area contributed by atoms with E-state index in [1.54, 1.807) is 42.4 Å². The molecular weight excluding hydrogens is 214 g/mol. The van der Waals surface area contributed by atoms with Gasteiger partial charge in [-0.3, -0.25) is 4.79 Å². The van der Waals surface area contributed by atoms with Crippen LogP contribution in [0, 0.1) is 12.3 Å². The molecule has 0 fully saturated rings. The predicted octanol–water partition coefficient (Wildman–Crippen LogP) is 1.96. The van der Waals surface area contributed by atoms with Crippen LogP contribution in [0.4, 0.5) is 0 Å². The largest absolute Gasteiger partial charge is 0.497 e. The maximum Gasteiger partial charge on any atom is 0.254 e. The average molecular weight is 229 g/mol. The molecule has 17 heavy (non-hydrogen) atoms. The lowest BCUT2D eigenvalue weighted by molar-refractivity contribution is 0.0793. The fourth-order valence-corrected chi connectivity index (χ4v) is 1.40. The summed E-state index contributed by atoms with van der Waals surface area (Å²) in [4.78, 5) is 13.6. The van der Waals surface area contributed by atoms with Crippen molar-refractivity contribution in [2.24, 2.45) is 0 Å². The standard InChI is InChI=1S/C14H15NO2/c1-4-10-15(11-5-2)14(16)12-6-8-13(17-3)9-7-12/h1,5-9H,2,10-11H2,3H3. The molecule has 0 aliphatic rings. The smallest absolute Gasteiger partial charge is 0.254 e. The van der Waals surface area contributed by atoms with Gasteiger partial charge in [-0.05, 0) is 24.3 Å². The van der Waals surface area contributed by atoms with Crippen molar-refractivity contribution in [1.29, 1.82) is 0 Å².